The van der Waals surface area contributed by atoms with E-state index in [4.69, 9.17) is 10.5 Å². The van der Waals surface area contributed by atoms with Crippen LogP contribution in [-0.4, -0.2) is 215 Å². The molecule has 4 aromatic carbocycles. The Morgan fingerprint density at radius 3 is 1.60 bits per heavy atom. The number of aliphatic hydroxyl groups is 1. The lowest BCUT2D eigenvalue weighted by molar-refractivity contribution is -0.157. The second kappa shape index (κ2) is 38.0. The highest BCUT2D eigenvalue weighted by Gasteiger charge is 2.40. The van der Waals surface area contributed by atoms with Gasteiger partial charge in [-0.3, -0.25) is 48.1 Å². The van der Waals surface area contributed by atoms with Crippen LogP contribution < -0.4 is 32.3 Å². The van der Waals surface area contributed by atoms with E-state index in [1.54, 1.807) is 132 Å². The van der Waals surface area contributed by atoms with Gasteiger partial charge in [-0.05, 0) is 81.2 Å². The number of cyclic esters (lactones) is 1. The quantitative estimate of drug-likeness (QED) is 0.0398. The normalized spacial score (nSPS) is 23.3. The molecule has 1 heterocycles. The van der Waals surface area contributed by atoms with Crippen molar-refractivity contribution in [3.8, 4) is 0 Å². The number of nitrogens with one attached hydrogen (secondary N) is 5. The molecule has 0 spiro atoms. The zero-order chi connectivity index (χ0) is 70.1. The topological polar surface area (TPSA) is 303 Å². The molecule has 8 N–H and O–H groups in total. The van der Waals surface area contributed by atoms with Gasteiger partial charge in [-0.25, -0.2) is 4.79 Å². The van der Waals surface area contributed by atoms with Crippen LogP contribution in [0.3, 0.4) is 0 Å². The van der Waals surface area contributed by atoms with Gasteiger partial charge in [-0.2, -0.15) is 0 Å². The lowest BCUT2D eigenvalue weighted by Crippen LogP contribution is -2.60. The average Bonchev–Trinajstić information content (AvgIpc) is 0.860. The van der Waals surface area contributed by atoms with E-state index >= 15 is 14.4 Å². The Hall–Kier alpha value is -7.84. The van der Waals surface area contributed by atoms with Gasteiger partial charge in [0.2, 0.25) is 53.2 Å². The first-order valence-corrected chi connectivity index (χ1v) is 34.6. The van der Waals surface area contributed by atoms with Crippen molar-refractivity contribution in [2.75, 3.05) is 60.7 Å². The van der Waals surface area contributed by atoms with Crippen molar-refractivity contribution < 1.29 is 57.8 Å². The molecule has 0 aliphatic carbocycles. The molecular weight excluding hydrogens is 1250 g/mol. The smallest absolute Gasteiger partial charge is 0.329 e. The van der Waals surface area contributed by atoms with E-state index in [9.17, 15) is 38.7 Å². The number of likely N-dealkylation sites (N-methyl/N-ethyl adjacent to an activating group) is 5. The SMILES string of the molecule is CC(C)C[C@H]1C(=O)N[C@@H](Cc2ccccc2)C(=O)N(C)CC(=O)N(C)[C@@H](Cc2ccccc2)C(=O)N[C@@H](C)C(=O)N(C)[C@@H](C)C(=O)NC(Cc2ccccc2)C(=O)OCC(O)N(C)[C@@H](Cc2ccccc2)C(=O)N[C@@H](CCCCNC(=O)[C@@H](N)CSSC(C)(C)C)C(=O)N1C. The predicted molar refractivity (Wildman–Crippen MR) is 370 cm³/mol. The van der Waals surface area contributed by atoms with Gasteiger partial charge in [0.15, 0.2) is 0 Å². The van der Waals surface area contributed by atoms with Gasteiger partial charge in [0.05, 0.1) is 18.6 Å². The number of esters is 1. The highest BCUT2D eigenvalue weighted by molar-refractivity contribution is 8.77. The van der Waals surface area contributed by atoms with E-state index in [0.717, 1.165) is 9.80 Å². The van der Waals surface area contributed by atoms with Crippen LogP contribution in [0, 0.1) is 5.92 Å². The molecule has 4 aromatic rings. The van der Waals surface area contributed by atoms with E-state index < -0.39 is 127 Å². The molecule has 2 unspecified atom stereocenters. The van der Waals surface area contributed by atoms with Crippen molar-refractivity contribution in [3.63, 3.8) is 0 Å². The number of benzene rings is 4. The van der Waals surface area contributed by atoms with Crippen molar-refractivity contribution in [2.24, 2.45) is 11.7 Å². The number of amides is 9. The Balaban J connectivity index is 1.58. The number of nitrogens with two attached hydrogens (primary N) is 1. The average molecular weight is 1350 g/mol. The maximum Gasteiger partial charge on any atom is 0.329 e. The second-order valence-electron chi connectivity index (χ2n) is 25.8. The summed E-state index contributed by atoms with van der Waals surface area (Å²) in [6.45, 7) is 11.7. The Kier molecular flexibility index (Phi) is 31.2. The molecule has 1 saturated heterocycles. The van der Waals surface area contributed by atoms with Crippen LogP contribution in [0.1, 0.15) is 96.4 Å². The molecule has 10 atom stereocenters. The first-order chi connectivity index (χ1) is 45.0. The van der Waals surface area contributed by atoms with Gasteiger partial charge in [-0.15, -0.1) is 0 Å². The number of carbonyl (C=O) groups is 10. The van der Waals surface area contributed by atoms with Crippen molar-refractivity contribution >= 4 is 80.7 Å². The first-order valence-electron chi connectivity index (χ1n) is 32.3. The highest BCUT2D eigenvalue weighted by Crippen LogP contribution is 2.35. The Morgan fingerprint density at radius 2 is 1.07 bits per heavy atom. The number of hydrogen-bond donors (Lipinski definition) is 7. The van der Waals surface area contributed by atoms with Crippen molar-refractivity contribution in [1.29, 1.82) is 0 Å². The maximum atomic E-state index is 15.4. The third-order valence-electron chi connectivity index (χ3n) is 16.5. The largest absolute Gasteiger partial charge is 0.460 e. The summed E-state index contributed by atoms with van der Waals surface area (Å²) in [5.41, 5.74) is 8.90. The fraction of sp³-hybridized carbons (Fsp3) is 0.514. The van der Waals surface area contributed by atoms with Crippen LogP contribution in [0.5, 0.6) is 0 Å². The van der Waals surface area contributed by atoms with E-state index in [0.29, 0.717) is 34.4 Å². The summed E-state index contributed by atoms with van der Waals surface area (Å²) in [5, 5.41) is 26.2. The molecule has 0 aromatic heterocycles. The lowest BCUT2D eigenvalue weighted by atomic mass is 9.98. The molecule has 1 aliphatic rings. The number of hydrogen-bond acceptors (Lipinski definition) is 16. The van der Waals surface area contributed by atoms with Gasteiger partial charge in [0, 0.05) is 64.5 Å². The van der Waals surface area contributed by atoms with Crippen LogP contribution in [-0.2, 0) is 78.4 Å². The van der Waals surface area contributed by atoms with Gasteiger partial charge in [0.25, 0.3) is 0 Å². The van der Waals surface area contributed by atoms with Gasteiger partial charge in [0.1, 0.15) is 55.1 Å². The number of unbranched alkanes of at least 4 members (excludes halogenated alkanes) is 1. The van der Waals surface area contributed by atoms with Crippen LogP contribution >= 0.6 is 21.6 Å². The van der Waals surface area contributed by atoms with E-state index in [-0.39, 0.29) is 68.1 Å². The third kappa shape index (κ3) is 25.0. The third-order valence-corrected chi connectivity index (χ3v) is 19.8. The molecule has 1 aliphatic heterocycles. The van der Waals surface area contributed by atoms with Crippen LogP contribution in [0.25, 0.3) is 0 Å². The van der Waals surface area contributed by atoms with Crippen molar-refractivity contribution in [3.05, 3.63) is 144 Å². The highest BCUT2D eigenvalue weighted by atomic mass is 33.1. The van der Waals surface area contributed by atoms with E-state index in [1.807, 2.05) is 13.8 Å². The zero-order valence-electron chi connectivity index (χ0n) is 57.0. The molecule has 23 nitrogen and oxygen atoms in total. The molecule has 95 heavy (non-hydrogen) atoms. The molecule has 0 bridgehead atoms. The molecule has 0 saturated carbocycles. The van der Waals surface area contributed by atoms with Crippen LogP contribution in [0.4, 0.5) is 0 Å². The molecular formula is C70H99N11O12S2. The second-order valence-corrected chi connectivity index (χ2v) is 28.9. The number of ether oxygens (including phenoxy) is 1. The molecule has 25 heteroatoms. The minimum Gasteiger partial charge on any atom is -0.460 e. The van der Waals surface area contributed by atoms with Crippen molar-refractivity contribution in [1.82, 2.24) is 51.1 Å². The number of aliphatic hydroxyl groups excluding tert-OH is 1. The summed E-state index contributed by atoms with van der Waals surface area (Å²) >= 11 is 0. The standard InChI is InChI=1S/C70H99N11O12S2/c1-45(2)37-56-64(87)75-54(38-48-27-17-13-18-28-48)67(90)77(8)42-59(82)79(10)57(40-50-31-21-15-22-32-50)63(86)73-46(3)66(89)78(9)47(4)61(84)76-55(39-49-29-19-14-20-30-49)69(92)93-43-60(83)80(11)58(41-51-33-23-16-24-34-51)65(88)74-53(68(91)81(56)12)35-25-26-36-72-62(85)52(71)44-94-95-70(5,6)7/h13-24,27-34,45-47,52-58,60,83H,25-26,35-44,71H2,1-12H3,(H,72,85)(H,73,86)(H,74,88)(H,75,87)(H,76,84)/t46-,47-,52-,53-,54-,55?,56-,57-,58-,60?/m0/s1. The summed E-state index contributed by atoms with van der Waals surface area (Å²) in [5.74, 6) is -6.67. The molecule has 9 amide bonds. The Labute approximate surface area is 567 Å². The molecule has 1 fully saturated rings. The molecule has 0 radical (unpaired) electrons. The van der Waals surface area contributed by atoms with Crippen LogP contribution in [0.15, 0.2) is 121 Å². The predicted octanol–water partition coefficient (Wildman–Crippen LogP) is 3.89. The fourth-order valence-corrected chi connectivity index (χ4v) is 13.0. The van der Waals surface area contributed by atoms with Gasteiger partial charge < -0.3 is 61.8 Å². The zero-order valence-corrected chi connectivity index (χ0v) is 58.6. The Bertz CT molecular complexity index is 3170. The summed E-state index contributed by atoms with van der Waals surface area (Å²) in [4.78, 5) is 151. The lowest BCUT2D eigenvalue weighted by Gasteiger charge is -2.35. The Morgan fingerprint density at radius 1 is 0.600 bits per heavy atom. The van der Waals surface area contributed by atoms with Gasteiger partial charge >= 0.3 is 5.97 Å². The summed E-state index contributed by atoms with van der Waals surface area (Å²) in [6.07, 6.45) is -1.02. The first kappa shape index (κ1) is 77.9. The summed E-state index contributed by atoms with van der Waals surface area (Å²) in [6, 6.07) is 24.6. The fourth-order valence-electron chi connectivity index (χ4n) is 10.6. The van der Waals surface area contributed by atoms with Crippen LogP contribution in [0.2, 0.25) is 0 Å². The van der Waals surface area contributed by atoms with Crippen molar-refractivity contribution in [2.45, 2.75) is 165 Å². The van der Waals surface area contributed by atoms with E-state index in [1.165, 1.54) is 74.6 Å². The maximum absolute atomic E-state index is 15.4. The summed E-state index contributed by atoms with van der Waals surface area (Å²) < 4.78 is 5.73. The van der Waals surface area contributed by atoms with E-state index in [2.05, 4.69) is 47.4 Å². The number of nitrogens with zero attached hydrogens (tertiary/aromatic N) is 5. The number of rotatable bonds is 19. The minimum absolute atomic E-state index is 0.00629. The summed E-state index contributed by atoms with van der Waals surface area (Å²) in [7, 11) is 10.2. The van der Waals surface area contributed by atoms with Gasteiger partial charge in [-0.1, -0.05) is 178 Å². The number of carbonyl (C=O) groups excluding carboxylic acids is 10. The molecule has 518 valence electrons. The monoisotopic (exact) mass is 1350 g/mol. The minimum atomic E-state index is -1.65. The molecule has 5 rings (SSSR count).